The molecule has 152 valence electrons. The van der Waals surface area contributed by atoms with E-state index in [1.54, 1.807) is 12.1 Å². The number of carbonyl (C=O) groups excluding carboxylic acids is 3. The van der Waals surface area contributed by atoms with Crippen LogP contribution in [0.15, 0.2) is 48.5 Å². The molecular formula is C21H22N2O6. The lowest BCUT2D eigenvalue weighted by Gasteiger charge is -2.08. The zero-order valence-electron chi connectivity index (χ0n) is 16.2. The number of nitrogens with zero attached hydrogens (tertiary/aromatic N) is 1. The standard InChI is InChI=1S/C21H22N2O6/c1-14(2)15-3-5-16(6-4-15)19(24)13-29-20(25)11-12-22-21(26)17-7-9-18(10-8-17)23(27)28/h3-10,14H,11-13H2,1-2H3,(H,22,26). The highest BCUT2D eigenvalue weighted by molar-refractivity contribution is 5.98. The van der Waals surface area contributed by atoms with Crippen LogP contribution in [0.3, 0.4) is 0 Å². The monoisotopic (exact) mass is 398 g/mol. The number of nitrogens with one attached hydrogen (secondary N) is 1. The number of nitro benzene ring substituents is 1. The largest absolute Gasteiger partial charge is 0.457 e. The Bertz CT molecular complexity index is 888. The maximum atomic E-state index is 12.1. The first kappa shape index (κ1) is 21.7. The fourth-order valence-corrected chi connectivity index (χ4v) is 2.47. The van der Waals surface area contributed by atoms with Crippen LogP contribution in [0, 0.1) is 10.1 Å². The second kappa shape index (κ2) is 10.1. The molecule has 29 heavy (non-hydrogen) atoms. The summed E-state index contributed by atoms with van der Waals surface area (Å²) in [4.78, 5) is 45.8. The Morgan fingerprint density at radius 3 is 2.14 bits per heavy atom. The Morgan fingerprint density at radius 1 is 1.00 bits per heavy atom. The maximum Gasteiger partial charge on any atom is 0.308 e. The van der Waals surface area contributed by atoms with Crippen LogP contribution < -0.4 is 5.32 Å². The van der Waals surface area contributed by atoms with Gasteiger partial charge >= 0.3 is 5.97 Å². The van der Waals surface area contributed by atoms with E-state index >= 15 is 0 Å². The number of carbonyl (C=O) groups is 3. The zero-order chi connectivity index (χ0) is 21.4. The van der Waals surface area contributed by atoms with Gasteiger partial charge in [-0.15, -0.1) is 0 Å². The summed E-state index contributed by atoms with van der Waals surface area (Å²) in [5.74, 6) is -1.02. The topological polar surface area (TPSA) is 116 Å². The SMILES string of the molecule is CC(C)c1ccc(C(=O)COC(=O)CCNC(=O)c2ccc([N+](=O)[O-])cc2)cc1. The number of Topliss-reactive ketones (excluding diaryl/α,β-unsaturated/α-hetero) is 1. The lowest BCUT2D eigenvalue weighted by Crippen LogP contribution is -2.27. The van der Waals surface area contributed by atoms with Gasteiger partial charge in [-0.3, -0.25) is 24.5 Å². The Kier molecular flexibility index (Phi) is 7.59. The molecule has 1 N–H and O–H groups in total. The molecule has 0 unspecified atom stereocenters. The molecule has 0 heterocycles. The third-order valence-corrected chi connectivity index (χ3v) is 4.22. The second-order valence-electron chi connectivity index (χ2n) is 6.67. The molecule has 0 saturated carbocycles. The van der Waals surface area contributed by atoms with Gasteiger partial charge in [-0.1, -0.05) is 38.1 Å². The summed E-state index contributed by atoms with van der Waals surface area (Å²) in [5.41, 5.74) is 1.70. The number of ether oxygens (including phenoxy) is 1. The molecule has 0 aromatic heterocycles. The predicted molar refractivity (Wildman–Crippen MR) is 106 cm³/mol. The third kappa shape index (κ3) is 6.53. The minimum Gasteiger partial charge on any atom is -0.457 e. The number of hydrogen-bond acceptors (Lipinski definition) is 6. The highest BCUT2D eigenvalue weighted by Gasteiger charge is 2.12. The van der Waals surface area contributed by atoms with Gasteiger partial charge in [-0.2, -0.15) is 0 Å². The Hall–Kier alpha value is -3.55. The number of benzene rings is 2. The lowest BCUT2D eigenvalue weighted by molar-refractivity contribution is -0.384. The van der Waals surface area contributed by atoms with Gasteiger partial charge in [0, 0.05) is 29.8 Å². The maximum absolute atomic E-state index is 12.1. The van der Waals surface area contributed by atoms with Gasteiger partial charge in [-0.25, -0.2) is 0 Å². The Labute approximate surface area is 168 Å². The minimum atomic E-state index is -0.610. The summed E-state index contributed by atoms with van der Waals surface area (Å²) >= 11 is 0. The third-order valence-electron chi connectivity index (χ3n) is 4.22. The molecule has 0 aliphatic heterocycles. The smallest absolute Gasteiger partial charge is 0.308 e. The predicted octanol–water partition coefficient (Wildman–Crippen LogP) is 3.26. The van der Waals surface area contributed by atoms with Crippen molar-refractivity contribution in [2.75, 3.05) is 13.2 Å². The van der Waals surface area contributed by atoms with E-state index in [1.807, 2.05) is 12.1 Å². The number of esters is 1. The molecule has 8 nitrogen and oxygen atoms in total. The van der Waals surface area contributed by atoms with Crippen LogP contribution in [0.2, 0.25) is 0 Å². The number of rotatable bonds is 9. The Balaban J connectivity index is 1.73. The van der Waals surface area contributed by atoms with E-state index in [2.05, 4.69) is 19.2 Å². The summed E-state index contributed by atoms with van der Waals surface area (Å²) in [6.45, 7) is 3.76. The van der Waals surface area contributed by atoms with E-state index in [9.17, 15) is 24.5 Å². The van der Waals surface area contributed by atoms with Gasteiger partial charge in [0.2, 0.25) is 0 Å². The van der Waals surface area contributed by atoms with E-state index in [4.69, 9.17) is 4.74 Å². The van der Waals surface area contributed by atoms with Crippen LogP contribution in [0.1, 0.15) is 52.5 Å². The highest BCUT2D eigenvalue weighted by atomic mass is 16.6. The van der Waals surface area contributed by atoms with Gasteiger partial charge in [0.25, 0.3) is 11.6 Å². The molecule has 2 aromatic carbocycles. The summed E-state index contributed by atoms with van der Waals surface area (Å²) in [6.07, 6.45) is -0.0989. The number of amides is 1. The van der Waals surface area contributed by atoms with Gasteiger partial charge in [-0.05, 0) is 23.6 Å². The van der Waals surface area contributed by atoms with E-state index < -0.39 is 16.8 Å². The molecule has 0 bridgehead atoms. The van der Waals surface area contributed by atoms with E-state index in [1.165, 1.54) is 24.3 Å². The van der Waals surface area contributed by atoms with E-state index in [-0.39, 0.29) is 36.6 Å². The number of nitro groups is 1. The van der Waals surface area contributed by atoms with E-state index in [0.717, 1.165) is 5.56 Å². The van der Waals surface area contributed by atoms with Crippen LogP contribution in [-0.2, 0) is 9.53 Å². The van der Waals surface area contributed by atoms with Crippen molar-refractivity contribution < 1.29 is 24.0 Å². The first-order valence-electron chi connectivity index (χ1n) is 9.09. The normalized spacial score (nSPS) is 10.4. The molecule has 0 aliphatic carbocycles. The molecule has 0 aliphatic rings. The molecule has 2 rings (SSSR count). The van der Waals surface area contributed by atoms with Crippen molar-refractivity contribution in [1.82, 2.24) is 5.32 Å². The minimum absolute atomic E-state index is 0.0198. The fraction of sp³-hybridized carbons (Fsp3) is 0.286. The second-order valence-corrected chi connectivity index (χ2v) is 6.67. The van der Waals surface area contributed by atoms with Crippen molar-refractivity contribution in [3.8, 4) is 0 Å². The van der Waals surface area contributed by atoms with Gasteiger partial charge < -0.3 is 10.1 Å². The van der Waals surface area contributed by atoms with Crippen molar-refractivity contribution in [1.29, 1.82) is 0 Å². The molecule has 0 atom stereocenters. The number of non-ortho nitro benzene ring substituents is 1. The quantitative estimate of drug-likeness (QED) is 0.300. The average Bonchev–Trinajstić information content (AvgIpc) is 2.72. The molecule has 0 fully saturated rings. The average molecular weight is 398 g/mol. The van der Waals surface area contributed by atoms with Crippen LogP contribution in [0.4, 0.5) is 5.69 Å². The summed E-state index contributed by atoms with van der Waals surface area (Å²) in [5, 5.41) is 13.1. The molecule has 0 saturated heterocycles. The summed E-state index contributed by atoms with van der Waals surface area (Å²) in [7, 11) is 0. The molecule has 0 spiro atoms. The Morgan fingerprint density at radius 2 is 1.59 bits per heavy atom. The molecular weight excluding hydrogens is 376 g/mol. The van der Waals surface area contributed by atoms with Crippen LogP contribution in [0.25, 0.3) is 0 Å². The van der Waals surface area contributed by atoms with Gasteiger partial charge in [0.15, 0.2) is 12.4 Å². The van der Waals surface area contributed by atoms with Crippen molar-refractivity contribution in [3.63, 3.8) is 0 Å². The van der Waals surface area contributed by atoms with Crippen molar-refractivity contribution >= 4 is 23.3 Å². The first-order valence-corrected chi connectivity index (χ1v) is 9.09. The zero-order valence-corrected chi connectivity index (χ0v) is 16.2. The van der Waals surface area contributed by atoms with Crippen molar-refractivity contribution in [2.45, 2.75) is 26.2 Å². The van der Waals surface area contributed by atoms with Crippen LogP contribution in [-0.4, -0.2) is 35.7 Å². The molecule has 8 heteroatoms. The van der Waals surface area contributed by atoms with Crippen LogP contribution in [0.5, 0.6) is 0 Å². The number of ketones is 1. The molecule has 0 radical (unpaired) electrons. The fourth-order valence-electron chi connectivity index (χ4n) is 2.47. The van der Waals surface area contributed by atoms with Gasteiger partial charge in [0.05, 0.1) is 11.3 Å². The molecule has 2 aromatic rings. The van der Waals surface area contributed by atoms with Crippen molar-refractivity contribution in [2.24, 2.45) is 0 Å². The number of hydrogen-bond donors (Lipinski definition) is 1. The van der Waals surface area contributed by atoms with E-state index in [0.29, 0.717) is 11.5 Å². The summed E-state index contributed by atoms with van der Waals surface area (Å²) in [6, 6.07) is 12.3. The van der Waals surface area contributed by atoms with Crippen molar-refractivity contribution in [3.05, 3.63) is 75.3 Å². The highest BCUT2D eigenvalue weighted by Crippen LogP contribution is 2.15. The first-order chi connectivity index (χ1) is 13.8. The van der Waals surface area contributed by atoms with Crippen LogP contribution >= 0.6 is 0 Å². The lowest BCUT2D eigenvalue weighted by atomic mass is 10.0. The van der Waals surface area contributed by atoms with Gasteiger partial charge in [0.1, 0.15) is 0 Å². The summed E-state index contributed by atoms with van der Waals surface area (Å²) < 4.78 is 4.95. The molecule has 1 amide bonds.